The summed E-state index contributed by atoms with van der Waals surface area (Å²) in [6, 6.07) is 8.28. The summed E-state index contributed by atoms with van der Waals surface area (Å²) >= 11 is 0. The number of benzene rings is 1. The third-order valence-electron chi connectivity index (χ3n) is 4.56. The molecule has 1 saturated heterocycles. The zero-order valence-electron chi connectivity index (χ0n) is 14.4. The minimum Gasteiger partial charge on any atom is -0.439 e. The molecule has 1 aromatic carbocycles. The van der Waals surface area contributed by atoms with Crippen LogP contribution in [0.5, 0.6) is 0 Å². The van der Waals surface area contributed by atoms with Crippen LogP contribution in [0.25, 0.3) is 11.1 Å². The van der Waals surface area contributed by atoms with Crippen molar-refractivity contribution in [2.45, 2.75) is 45.3 Å². The molecule has 1 unspecified atom stereocenters. The summed E-state index contributed by atoms with van der Waals surface area (Å²) in [4.78, 5) is 11.3. The lowest BCUT2D eigenvalue weighted by atomic mass is 10.1. The molecule has 7 nitrogen and oxygen atoms in total. The van der Waals surface area contributed by atoms with Gasteiger partial charge in [-0.2, -0.15) is 4.98 Å². The van der Waals surface area contributed by atoms with Crippen LogP contribution >= 0.6 is 0 Å². The molecule has 132 valence electrons. The lowest BCUT2D eigenvalue weighted by Gasteiger charge is -2.32. The zero-order chi connectivity index (χ0) is 17.1. The molecule has 1 aliphatic rings. The number of nitrogens with zero attached hydrogens (tertiary/aromatic N) is 4. The topological polar surface area (TPSA) is 80.2 Å². The maximum absolute atomic E-state index is 5.78. The molecule has 7 heteroatoms. The first-order valence-electron chi connectivity index (χ1n) is 8.92. The molecule has 0 spiro atoms. The summed E-state index contributed by atoms with van der Waals surface area (Å²) in [6.07, 6.45) is 3.09. The fourth-order valence-corrected chi connectivity index (χ4v) is 3.29. The van der Waals surface area contributed by atoms with Gasteiger partial charge >= 0.3 is 0 Å². The van der Waals surface area contributed by atoms with Crippen LogP contribution < -0.4 is 5.32 Å². The van der Waals surface area contributed by atoms with Crippen molar-refractivity contribution < 1.29 is 8.94 Å². The van der Waals surface area contributed by atoms with Gasteiger partial charge in [-0.1, -0.05) is 24.2 Å². The number of aromatic nitrogens is 3. The highest BCUT2D eigenvalue weighted by atomic mass is 16.5. The zero-order valence-corrected chi connectivity index (χ0v) is 14.4. The van der Waals surface area contributed by atoms with E-state index in [9.17, 15) is 0 Å². The third kappa shape index (κ3) is 3.88. The van der Waals surface area contributed by atoms with Crippen molar-refractivity contribution >= 4 is 11.1 Å². The minimum absolute atomic E-state index is 0.418. The quantitative estimate of drug-likeness (QED) is 0.738. The fraction of sp³-hybridized carbons (Fsp3) is 0.500. The molecule has 3 heterocycles. The average molecular weight is 341 g/mol. The largest absolute Gasteiger partial charge is 0.439 e. The highest BCUT2D eigenvalue weighted by Crippen LogP contribution is 2.16. The van der Waals surface area contributed by atoms with Gasteiger partial charge in [-0.05, 0) is 31.5 Å². The molecule has 1 atom stereocenters. The second kappa shape index (κ2) is 7.33. The van der Waals surface area contributed by atoms with E-state index in [0.29, 0.717) is 18.5 Å². The molecule has 3 aromatic rings. The van der Waals surface area contributed by atoms with Crippen molar-refractivity contribution in [1.82, 2.24) is 25.3 Å². The molecule has 25 heavy (non-hydrogen) atoms. The van der Waals surface area contributed by atoms with Gasteiger partial charge in [-0.15, -0.1) is 0 Å². The molecule has 4 rings (SSSR count). The number of fused-ring (bicyclic) bond motifs is 1. The summed E-state index contributed by atoms with van der Waals surface area (Å²) in [5.74, 6) is 2.22. The number of piperidine rings is 1. The standard InChI is InChI=1S/C18H23N5O2/c1-2-17-21-16(22-25-17)12-23-9-5-6-13(11-23)19-10-18-20-14-7-3-4-8-15(14)24-18/h3-4,7-8,13,19H,2,5-6,9-12H2,1H3. The number of hydrogen-bond acceptors (Lipinski definition) is 7. The Kier molecular flexibility index (Phi) is 4.76. The Labute approximate surface area is 146 Å². The predicted octanol–water partition coefficient (Wildman–Crippen LogP) is 2.53. The highest BCUT2D eigenvalue weighted by Gasteiger charge is 2.21. The maximum Gasteiger partial charge on any atom is 0.226 e. The normalized spacial score (nSPS) is 18.8. The van der Waals surface area contributed by atoms with E-state index in [1.807, 2.05) is 31.2 Å². The first-order chi connectivity index (χ1) is 12.3. The van der Waals surface area contributed by atoms with Gasteiger partial charge < -0.3 is 14.3 Å². The second-order valence-corrected chi connectivity index (χ2v) is 6.49. The van der Waals surface area contributed by atoms with Crippen molar-refractivity contribution in [3.8, 4) is 0 Å². The molecule has 1 fully saturated rings. The lowest BCUT2D eigenvalue weighted by Crippen LogP contribution is -2.45. The van der Waals surface area contributed by atoms with Gasteiger partial charge in [0, 0.05) is 19.0 Å². The van der Waals surface area contributed by atoms with Crippen LogP contribution in [0.1, 0.15) is 37.4 Å². The molecule has 0 radical (unpaired) electrons. The molecular formula is C18H23N5O2. The fourth-order valence-electron chi connectivity index (χ4n) is 3.29. The average Bonchev–Trinajstić information content (AvgIpc) is 3.26. The number of likely N-dealkylation sites (tertiary alicyclic amines) is 1. The van der Waals surface area contributed by atoms with Crippen molar-refractivity contribution in [3.05, 3.63) is 41.9 Å². The number of nitrogens with one attached hydrogen (secondary N) is 1. The Hall–Kier alpha value is -2.25. The molecule has 1 N–H and O–H groups in total. The van der Waals surface area contributed by atoms with Crippen molar-refractivity contribution in [1.29, 1.82) is 0 Å². The van der Waals surface area contributed by atoms with Crippen LogP contribution in [0.4, 0.5) is 0 Å². The first kappa shape index (κ1) is 16.2. The summed E-state index contributed by atoms with van der Waals surface area (Å²) in [7, 11) is 0. The lowest BCUT2D eigenvalue weighted by molar-refractivity contribution is 0.175. The van der Waals surface area contributed by atoms with Gasteiger partial charge in [0.05, 0.1) is 13.1 Å². The van der Waals surface area contributed by atoms with E-state index in [-0.39, 0.29) is 0 Å². The smallest absolute Gasteiger partial charge is 0.226 e. The van der Waals surface area contributed by atoms with Crippen molar-refractivity contribution in [3.63, 3.8) is 0 Å². The summed E-state index contributed by atoms with van der Waals surface area (Å²) in [5, 5.41) is 7.62. The van der Waals surface area contributed by atoms with E-state index < -0.39 is 0 Å². The second-order valence-electron chi connectivity index (χ2n) is 6.49. The molecule has 0 aliphatic carbocycles. The van der Waals surface area contributed by atoms with Gasteiger partial charge in [-0.3, -0.25) is 4.90 Å². The molecule has 2 aromatic heterocycles. The molecular weight excluding hydrogens is 318 g/mol. The summed E-state index contributed by atoms with van der Waals surface area (Å²) < 4.78 is 11.0. The van der Waals surface area contributed by atoms with E-state index in [4.69, 9.17) is 8.94 Å². The SMILES string of the molecule is CCc1nc(CN2CCCC(NCc3nc4ccccc4o3)C2)no1. The van der Waals surface area contributed by atoms with E-state index in [1.165, 1.54) is 0 Å². The number of hydrogen-bond donors (Lipinski definition) is 1. The molecule has 0 amide bonds. The van der Waals surface area contributed by atoms with Crippen LogP contribution in [0.2, 0.25) is 0 Å². The van der Waals surface area contributed by atoms with E-state index in [2.05, 4.69) is 25.3 Å². The van der Waals surface area contributed by atoms with Crippen LogP contribution in [0, 0.1) is 0 Å². The monoisotopic (exact) mass is 341 g/mol. The van der Waals surface area contributed by atoms with Gasteiger partial charge in [0.2, 0.25) is 11.8 Å². The van der Waals surface area contributed by atoms with Crippen LogP contribution in [0.3, 0.4) is 0 Å². The Bertz CT molecular complexity index is 795. The highest BCUT2D eigenvalue weighted by molar-refractivity contribution is 5.72. The van der Waals surface area contributed by atoms with Crippen LogP contribution in [-0.2, 0) is 19.5 Å². The van der Waals surface area contributed by atoms with Crippen molar-refractivity contribution in [2.75, 3.05) is 13.1 Å². The Morgan fingerprint density at radius 2 is 2.16 bits per heavy atom. The maximum atomic E-state index is 5.78. The third-order valence-corrected chi connectivity index (χ3v) is 4.56. The van der Waals surface area contributed by atoms with E-state index >= 15 is 0 Å². The number of oxazole rings is 1. The van der Waals surface area contributed by atoms with Gasteiger partial charge in [0.15, 0.2) is 11.4 Å². The van der Waals surface area contributed by atoms with E-state index in [0.717, 1.165) is 61.7 Å². The Morgan fingerprint density at radius 3 is 3.00 bits per heavy atom. The number of rotatable bonds is 6. The summed E-state index contributed by atoms with van der Waals surface area (Å²) in [5.41, 5.74) is 1.75. The Morgan fingerprint density at radius 1 is 1.24 bits per heavy atom. The minimum atomic E-state index is 0.418. The molecule has 0 saturated carbocycles. The molecule has 0 bridgehead atoms. The van der Waals surface area contributed by atoms with Gasteiger partial charge in [0.1, 0.15) is 5.52 Å². The Balaban J connectivity index is 1.31. The van der Waals surface area contributed by atoms with E-state index in [1.54, 1.807) is 0 Å². The van der Waals surface area contributed by atoms with Gasteiger partial charge in [0.25, 0.3) is 0 Å². The van der Waals surface area contributed by atoms with Gasteiger partial charge in [-0.25, -0.2) is 4.98 Å². The molecule has 1 aliphatic heterocycles. The van der Waals surface area contributed by atoms with Crippen LogP contribution in [0.15, 0.2) is 33.2 Å². The predicted molar refractivity (Wildman–Crippen MR) is 92.8 cm³/mol. The number of para-hydroxylation sites is 2. The van der Waals surface area contributed by atoms with Crippen LogP contribution in [-0.4, -0.2) is 39.2 Å². The first-order valence-corrected chi connectivity index (χ1v) is 8.92. The summed E-state index contributed by atoms with van der Waals surface area (Å²) in [6.45, 7) is 5.44. The number of aryl methyl sites for hydroxylation is 1. The van der Waals surface area contributed by atoms with Crippen molar-refractivity contribution in [2.24, 2.45) is 0 Å².